The predicted molar refractivity (Wildman–Crippen MR) is 67.3 cm³/mol. The van der Waals surface area contributed by atoms with Crippen molar-refractivity contribution in [2.24, 2.45) is 0 Å². The van der Waals surface area contributed by atoms with Gasteiger partial charge in [0.25, 0.3) is 0 Å². The number of benzene rings is 1. The summed E-state index contributed by atoms with van der Waals surface area (Å²) >= 11 is 2.27. The van der Waals surface area contributed by atoms with Crippen molar-refractivity contribution in [3.05, 3.63) is 33.4 Å². The number of carbonyl (C=O) groups excluding carboxylic acids is 1. The predicted octanol–water partition coefficient (Wildman–Crippen LogP) is 2.46. The molecule has 1 unspecified atom stereocenters. The fraction of sp³-hybridized carbons (Fsp3) is 0.364. The van der Waals surface area contributed by atoms with Crippen molar-refractivity contribution in [1.82, 2.24) is 5.32 Å². The molecule has 0 aliphatic carbocycles. The third kappa shape index (κ3) is 4.61. The van der Waals surface area contributed by atoms with Crippen LogP contribution < -0.4 is 5.32 Å². The molecule has 1 rings (SSSR count). The first kappa shape index (κ1) is 12.4. The van der Waals surface area contributed by atoms with E-state index in [0.717, 1.165) is 0 Å². The van der Waals surface area contributed by atoms with Gasteiger partial charge in [0.05, 0.1) is 0 Å². The summed E-state index contributed by atoms with van der Waals surface area (Å²) < 4.78 is 6.02. The molecule has 0 fully saturated rings. The quantitative estimate of drug-likeness (QED) is 0.526. The van der Waals surface area contributed by atoms with Gasteiger partial charge in [-0.15, -0.1) is 0 Å². The van der Waals surface area contributed by atoms with Crippen LogP contribution in [0.15, 0.2) is 24.3 Å². The van der Waals surface area contributed by atoms with Gasteiger partial charge in [-0.3, -0.25) is 10.1 Å². The minimum Gasteiger partial charge on any atom is -0.450 e. The molecule has 1 aromatic rings. The minimum absolute atomic E-state index is 0.182. The topological polar surface area (TPSA) is 38.3 Å². The normalized spacial score (nSPS) is 12.2. The fourth-order valence-electron chi connectivity index (χ4n) is 1.14. The number of esters is 1. The Morgan fingerprint density at radius 1 is 1.47 bits per heavy atom. The van der Waals surface area contributed by atoms with E-state index < -0.39 is 0 Å². The summed E-state index contributed by atoms with van der Waals surface area (Å²) in [6, 6.07) is 8.42. The lowest BCUT2D eigenvalue weighted by Crippen LogP contribution is -2.23. The Hall–Kier alpha value is -0.620. The zero-order valence-electron chi connectivity index (χ0n) is 8.79. The van der Waals surface area contributed by atoms with Crippen LogP contribution in [-0.2, 0) is 9.53 Å². The summed E-state index contributed by atoms with van der Waals surface area (Å²) in [7, 11) is 0. The molecule has 3 nitrogen and oxygen atoms in total. The second-order valence-electron chi connectivity index (χ2n) is 3.26. The van der Waals surface area contributed by atoms with Crippen LogP contribution in [0.1, 0.15) is 25.5 Å². The van der Waals surface area contributed by atoms with E-state index in [2.05, 4.69) is 52.2 Å². The molecule has 0 saturated carbocycles. The molecule has 0 aromatic heterocycles. The van der Waals surface area contributed by atoms with Gasteiger partial charge in [-0.05, 0) is 47.2 Å². The first-order valence-electron chi connectivity index (χ1n) is 4.72. The van der Waals surface area contributed by atoms with E-state index >= 15 is 0 Å². The Kier molecular flexibility index (Phi) is 5.04. The van der Waals surface area contributed by atoms with Crippen LogP contribution >= 0.6 is 22.6 Å². The number of halogens is 1. The fourth-order valence-corrected chi connectivity index (χ4v) is 1.50. The maximum atomic E-state index is 10.5. The van der Waals surface area contributed by atoms with Gasteiger partial charge in [0.15, 0.2) is 0 Å². The van der Waals surface area contributed by atoms with Gasteiger partial charge in [0.2, 0.25) is 0 Å². The van der Waals surface area contributed by atoms with Crippen LogP contribution in [0, 0.1) is 3.57 Å². The molecule has 0 bridgehead atoms. The molecule has 0 aliphatic rings. The Balaban J connectivity index is 2.43. The second kappa shape index (κ2) is 6.07. The van der Waals surface area contributed by atoms with Crippen molar-refractivity contribution >= 4 is 28.6 Å². The summed E-state index contributed by atoms with van der Waals surface area (Å²) in [6.45, 7) is 3.69. The molecule has 15 heavy (non-hydrogen) atoms. The van der Waals surface area contributed by atoms with E-state index in [4.69, 9.17) is 4.74 Å². The van der Waals surface area contributed by atoms with Gasteiger partial charge < -0.3 is 4.74 Å². The molecule has 0 saturated heterocycles. The Bertz CT molecular complexity index is 324. The van der Waals surface area contributed by atoms with Crippen LogP contribution in [0.4, 0.5) is 0 Å². The highest BCUT2D eigenvalue weighted by atomic mass is 127. The van der Waals surface area contributed by atoms with Crippen LogP contribution in [-0.4, -0.2) is 12.7 Å². The maximum absolute atomic E-state index is 10.5. The largest absolute Gasteiger partial charge is 0.450 e. The van der Waals surface area contributed by atoms with Crippen LogP contribution in [0.25, 0.3) is 0 Å². The van der Waals surface area contributed by atoms with E-state index in [9.17, 15) is 4.79 Å². The second-order valence-corrected chi connectivity index (χ2v) is 4.50. The average molecular weight is 319 g/mol. The summed E-state index contributed by atoms with van der Waals surface area (Å²) in [5.41, 5.74) is 1.18. The highest BCUT2D eigenvalue weighted by Crippen LogP contribution is 2.13. The number of hydrogen-bond donors (Lipinski definition) is 1. The highest BCUT2D eigenvalue weighted by molar-refractivity contribution is 14.1. The van der Waals surface area contributed by atoms with E-state index in [1.165, 1.54) is 16.1 Å². The third-order valence-electron chi connectivity index (χ3n) is 2.03. The summed E-state index contributed by atoms with van der Waals surface area (Å²) in [4.78, 5) is 10.5. The molecule has 82 valence electrons. The van der Waals surface area contributed by atoms with Crippen molar-refractivity contribution in [3.8, 4) is 0 Å². The summed E-state index contributed by atoms with van der Waals surface area (Å²) in [6.07, 6.45) is 0. The van der Waals surface area contributed by atoms with Crippen molar-refractivity contribution in [3.63, 3.8) is 0 Å². The lowest BCUT2D eigenvalue weighted by molar-refractivity contribution is -0.141. The van der Waals surface area contributed by atoms with E-state index in [1.807, 2.05) is 6.92 Å². The molecular formula is C11H14INO2. The summed E-state index contributed by atoms with van der Waals surface area (Å²) in [5.74, 6) is -0.266. The zero-order valence-corrected chi connectivity index (χ0v) is 10.9. The molecule has 1 N–H and O–H groups in total. The van der Waals surface area contributed by atoms with E-state index in [-0.39, 0.29) is 18.7 Å². The number of carbonyl (C=O) groups is 1. The van der Waals surface area contributed by atoms with Crippen LogP contribution in [0.3, 0.4) is 0 Å². The van der Waals surface area contributed by atoms with Crippen molar-refractivity contribution in [2.75, 3.05) is 6.73 Å². The minimum atomic E-state index is -0.266. The highest BCUT2D eigenvalue weighted by Gasteiger charge is 2.04. The van der Waals surface area contributed by atoms with E-state index in [0.29, 0.717) is 0 Å². The molecule has 1 atom stereocenters. The molecule has 0 aliphatic heterocycles. The smallest absolute Gasteiger partial charge is 0.303 e. The van der Waals surface area contributed by atoms with Crippen LogP contribution in [0.2, 0.25) is 0 Å². The number of hydrogen-bond acceptors (Lipinski definition) is 3. The molecule has 4 heteroatoms. The third-order valence-corrected chi connectivity index (χ3v) is 2.75. The zero-order chi connectivity index (χ0) is 11.3. The molecule has 0 spiro atoms. The van der Waals surface area contributed by atoms with Crippen molar-refractivity contribution < 1.29 is 9.53 Å². The monoisotopic (exact) mass is 319 g/mol. The molecule has 1 aromatic carbocycles. The lowest BCUT2D eigenvalue weighted by Gasteiger charge is -2.13. The van der Waals surface area contributed by atoms with Crippen molar-refractivity contribution in [2.45, 2.75) is 19.9 Å². The lowest BCUT2D eigenvalue weighted by atomic mass is 10.1. The first-order valence-corrected chi connectivity index (χ1v) is 5.79. The van der Waals surface area contributed by atoms with Gasteiger partial charge in [0, 0.05) is 16.5 Å². The van der Waals surface area contributed by atoms with Crippen molar-refractivity contribution in [1.29, 1.82) is 0 Å². The van der Waals surface area contributed by atoms with Gasteiger partial charge in [-0.2, -0.15) is 0 Å². The number of ether oxygens (including phenoxy) is 1. The SMILES string of the molecule is CC(=O)OCNC(C)c1ccc(I)cc1. The Morgan fingerprint density at radius 3 is 2.60 bits per heavy atom. The van der Waals surface area contributed by atoms with Gasteiger partial charge in [-0.1, -0.05) is 12.1 Å². The maximum Gasteiger partial charge on any atom is 0.303 e. The standard InChI is InChI=1S/C11H14INO2/c1-8(13-7-15-9(2)14)10-3-5-11(12)6-4-10/h3-6,8,13H,7H2,1-2H3. The molecule has 0 heterocycles. The number of rotatable bonds is 4. The molecular weight excluding hydrogens is 305 g/mol. The van der Waals surface area contributed by atoms with Gasteiger partial charge in [-0.25, -0.2) is 0 Å². The van der Waals surface area contributed by atoms with Gasteiger partial charge in [0.1, 0.15) is 6.73 Å². The Morgan fingerprint density at radius 2 is 2.07 bits per heavy atom. The number of nitrogens with one attached hydrogen (secondary N) is 1. The van der Waals surface area contributed by atoms with E-state index in [1.54, 1.807) is 0 Å². The Labute approximate surface area is 103 Å². The molecule has 0 radical (unpaired) electrons. The molecule has 0 amide bonds. The van der Waals surface area contributed by atoms with Crippen LogP contribution in [0.5, 0.6) is 0 Å². The first-order chi connectivity index (χ1) is 7.09. The average Bonchev–Trinajstić information content (AvgIpc) is 2.18. The van der Waals surface area contributed by atoms with Gasteiger partial charge >= 0.3 is 5.97 Å². The summed E-state index contributed by atoms with van der Waals surface area (Å²) in [5, 5.41) is 3.10.